The van der Waals surface area contributed by atoms with Gasteiger partial charge in [-0.25, -0.2) is 8.42 Å². The minimum Gasteiger partial charge on any atom is -0.354 e. The van der Waals surface area contributed by atoms with Gasteiger partial charge < -0.3 is 10.3 Å². The molecule has 0 atom stereocenters. The Kier molecular flexibility index (Phi) is 5.32. The van der Waals surface area contributed by atoms with Gasteiger partial charge in [-0.05, 0) is 44.0 Å². The Labute approximate surface area is 146 Å². The molecule has 0 aliphatic heterocycles. The zero-order valence-corrected chi connectivity index (χ0v) is 15.4. The number of aromatic nitrogens is 1. The fraction of sp³-hybridized carbons (Fsp3) is 0.294. The zero-order chi connectivity index (χ0) is 18.8. The lowest BCUT2D eigenvalue weighted by Crippen LogP contribution is -2.24. The van der Waals surface area contributed by atoms with Crippen molar-refractivity contribution in [3.63, 3.8) is 0 Å². The maximum absolute atomic E-state index is 12.4. The summed E-state index contributed by atoms with van der Waals surface area (Å²) in [5.74, 6) is -0.417. The van der Waals surface area contributed by atoms with E-state index in [1.54, 1.807) is 38.1 Å². The normalized spacial score (nSPS) is 11.2. The zero-order valence-electron chi connectivity index (χ0n) is 14.6. The third kappa shape index (κ3) is 4.69. The highest BCUT2D eigenvalue weighted by atomic mass is 32.2. The monoisotopic (exact) mass is 363 g/mol. The number of sulfonamides is 1. The molecule has 0 saturated heterocycles. The maximum atomic E-state index is 12.4. The van der Waals surface area contributed by atoms with E-state index in [0.717, 1.165) is 11.8 Å². The smallest absolute Gasteiger partial charge is 0.268 e. The second kappa shape index (κ2) is 7.10. The number of ketones is 1. The first-order valence-corrected chi connectivity index (χ1v) is 9.52. The molecule has 134 valence electrons. The third-order valence-corrected chi connectivity index (χ3v) is 4.31. The van der Waals surface area contributed by atoms with Gasteiger partial charge in [-0.2, -0.15) is 0 Å². The molecule has 0 aliphatic carbocycles. The van der Waals surface area contributed by atoms with Gasteiger partial charge in [0.15, 0.2) is 5.78 Å². The van der Waals surface area contributed by atoms with E-state index in [1.165, 1.54) is 6.92 Å². The summed E-state index contributed by atoms with van der Waals surface area (Å²) in [6.07, 6.45) is 1.07. The summed E-state index contributed by atoms with van der Waals surface area (Å²) < 4.78 is 24.9. The minimum absolute atomic E-state index is 0.0927. The molecule has 0 aliphatic rings. The molecule has 1 aromatic heterocycles. The molecule has 25 heavy (non-hydrogen) atoms. The average molecular weight is 363 g/mol. The number of aryl methyl sites for hydroxylation is 1. The molecule has 0 radical (unpaired) electrons. The lowest BCUT2D eigenvalue weighted by atomic mass is 10.1. The second-order valence-electron chi connectivity index (χ2n) is 5.94. The summed E-state index contributed by atoms with van der Waals surface area (Å²) in [7, 11) is -3.36. The summed E-state index contributed by atoms with van der Waals surface area (Å²) in [6.45, 7) is 5.17. The molecule has 7 nitrogen and oxygen atoms in total. The summed E-state index contributed by atoms with van der Waals surface area (Å²) >= 11 is 0. The van der Waals surface area contributed by atoms with E-state index in [9.17, 15) is 18.0 Å². The standard InChI is InChI=1S/C17H21N3O4S/c1-10-15(12(3)21)11(2)19-16(10)17(22)18-9-13-6-5-7-14(8-13)20-25(4,23)24/h5-8,19-20H,9H2,1-4H3,(H,18,22). The quantitative estimate of drug-likeness (QED) is 0.683. The van der Waals surface area contributed by atoms with Crippen molar-refractivity contribution in [1.29, 1.82) is 0 Å². The molecule has 0 bridgehead atoms. The predicted molar refractivity (Wildman–Crippen MR) is 96.3 cm³/mol. The molecule has 1 amide bonds. The number of rotatable bonds is 6. The van der Waals surface area contributed by atoms with Gasteiger partial charge in [-0.1, -0.05) is 12.1 Å². The molecular weight excluding hydrogens is 342 g/mol. The van der Waals surface area contributed by atoms with Crippen LogP contribution in [0.25, 0.3) is 0 Å². The van der Waals surface area contributed by atoms with Gasteiger partial charge in [0.25, 0.3) is 5.91 Å². The first-order valence-electron chi connectivity index (χ1n) is 7.63. The number of benzene rings is 1. The molecular formula is C17H21N3O4S. The first kappa shape index (κ1) is 18.7. The van der Waals surface area contributed by atoms with E-state index in [4.69, 9.17) is 0 Å². The number of Topliss-reactive ketones (excluding diaryl/α,β-unsaturated/α-hetero) is 1. The van der Waals surface area contributed by atoms with Crippen LogP contribution >= 0.6 is 0 Å². The Hall–Kier alpha value is -2.61. The van der Waals surface area contributed by atoms with Crippen LogP contribution in [0.2, 0.25) is 0 Å². The number of carbonyl (C=O) groups excluding carboxylic acids is 2. The van der Waals surface area contributed by atoms with Crippen molar-refractivity contribution in [2.24, 2.45) is 0 Å². The maximum Gasteiger partial charge on any atom is 0.268 e. The molecule has 0 saturated carbocycles. The van der Waals surface area contributed by atoms with Crippen LogP contribution in [-0.2, 0) is 16.6 Å². The van der Waals surface area contributed by atoms with E-state index in [2.05, 4.69) is 15.0 Å². The number of hydrogen-bond acceptors (Lipinski definition) is 4. The van der Waals surface area contributed by atoms with Crippen LogP contribution in [0.3, 0.4) is 0 Å². The van der Waals surface area contributed by atoms with Crippen LogP contribution in [0.15, 0.2) is 24.3 Å². The Morgan fingerprint density at radius 2 is 1.88 bits per heavy atom. The molecule has 1 heterocycles. The SMILES string of the molecule is CC(=O)c1c(C)[nH]c(C(=O)NCc2cccc(NS(C)(=O)=O)c2)c1C. The van der Waals surface area contributed by atoms with Gasteiger partial charge in [0.2, 0.25) is 10.0 Å². The van der Waals surface area contributed by atoms with Crippen LogP contribution in [0, 0.1) is 13.8 Å². The summed E-state index contributed by atoms with van der Waals surface area (Å²) in [4.78, 5) is 27.0. The number of anilines is 1. The van der Waals surface area contributed by atoms with Gasteiger partial charge >= 0.3 is 0 Å². The van der Waals surface area contributed by atoms with E-state index < -0.39 is 10.0 Å². The number of nitrogens with one attached hydrogen (secondary N) is 3. The lowest BCUT2D eigenvalue weighted by Gasteiger charge is -2.08. The first-order chi connectivity index (χ1) is 11.6. The Morgan fingerprint density at radius 1 is 1.20 bits per heavy atom. The van der Waals surface area contributed by atoms with Crippen molar-refractivity contribution in [2.75, 3.05) is 11.0 Å². The Bertz CT molecular complexity index is 929. The largest absolute Gasteiger partial charge is 0.354 e. The van der Waals surface area contributed by atoms with Crippen molar-refractivity contribution in [1.82, 2.24) is 10.3 Å². The van der Waals surface area contributed by atoms with Crippen LogP contribution in [0.4, 0.5) is 5.69 Å². The number of aromatic amines is 1. The Morgan fingerprint density at radius 3 is 2.44 bits per heavy atom. The van der Waals surface area contributed by atoms with Gasteiger partial charge in [-0.3, -0.25) is 14.3 Å². The van der Waals surface area contributed by atoms with Gasteiger partial charge in [0.1, 0.15) is 5.69 Å². The van der Waals surface area contributed by atoms with Gasteiger partial charge in [0.05, 0.1) is 6.26 Å². The highest BCUT2D eigenvalue weighted by Crippen LogP contribution is 2.18. The highest BCUT2D eigenvalue weighted by Gasteiger charge is 2.19. The lowest BCUT2D eigenvalue weighted by molar-refractivity contribution is 0.0945. The van der Waals surface area contributed by atoms with Crippen molar-refractivity contribution in [2.45, 2.75) is 27.3 Å². The number of amides is 1. The van der Waals surface area contributed by atoms with Crippen molar-refractivity contribution in [3.05, 3.63) is 52.3 Å². The fourth-order valence-electron chi connectivity index (χ4n) is 2.73. The predicted octanol–water partition coefficient (Wildman–Crippen LogP) is 2.14. The Balaban J connectivity index is 2.12. The number of hydrogen-bond donors (Lipinski definition) is 3. The molecule has 2 rings (SSSR count). The molecule has 3 N–H and O–H groups in total. The molecule has 2 aromatic rings. The van der Waals surface area contributed by atoms with Crippen molar-refractivity contribution < 1.29 is 18.0 Å². The van der Waals surface area contributed by atoms with Crippen LogP contribution in [0.5, 0.6) is 0 Å². The molecule has 0 fully saturated rings. The van der Waals surface area contributed by atoms with E-state index in [-0.39, 0.29) is 18.2 Å². The van der Waals surface area contributed by atoms with Crippen LogP contribution in [0.1, 0.15) is 44.6 Å². The van der Waals surface area contributed by atoms with Gasteiger partial charge in [0, 0.05) is 23.5 Å². The number of H-pyrrole nitrogens is 1. The fourth-order valence-corrected chi connectivity index (χ4v) is 3.29. The summed E-state index contributed by atoms with van der Waals surface area (Å²) in [5.41, 5.74) is 3.34. The summed E-state index contributed by atoms with van der Waals surface area (Å²) in [5, 5.41) is 2.77. The van der Waals surface area contributed by atoms with E-state index in [0.29, 0.717) is 28.2 Å². The van der Waals surface area contributed by atoms with Crippen LogP contribution in [-0.4, -0.2) is 31.3 Å². The van der Waals surface area contributed by atoms with E-state index >= 15 is 0 Å². The second-order valence-corrected chi connectivity index (χ2v) is 7.69. The van der Waals surface area contributed by atoms with E-state index in [1.807, 2.05) is 0 Å². The average Bonchev–Trinajstić information content (AvgIpc) is 2.78. The highest BCUT2D eigenvalue weighted by molar-refractivity contribution is 7.92. The summed E-state index contributed by atoms with van der Waals surface area (Å²) in [6, 6.07) is 6.76. The number of carbonyl (C=O) groups is 2. The topological polar surface area (TPSA) is 108 Å². The molecule has 1 aromatic carbocycles. The van der Waals surface area contributed by atoms with Crippen molar-refractivity contribution in [3.8, 4) is 0 Å². The minimum atomic E-state index is -3.36. The molecule has 0 spiro atoms. The van der Waals surface area contributed by atoms with Crippen LogP contribution < -0.4 is 10.0 Å². The molecule has 8 heteroatoms. The third-order valence-electron chi connectivity index (χ3n) is 3.70. The molecule has 0 unspecified atom stereocenters. The van der Waals surface area contributed by atoms with Gasteiger partial charge in [-0.15, -0.1) is 0 Å². The van der Waals surface area contributed by atoms with Crippen molar-refractivity contribution >= 4 is 27.4 Å².